The van der Waals surface area contributed by atoms with E-state index in [1.807, 2.05) is 12.1 Å². The van der Waals surface area contributed by atoms with E-state index in [-0.39, 0.29) is 0 Å². The number of ether oxygens (including phenoxy) is 3. The molecular formula is C17H29NO3. The van der Waals surface area contributed by atoms with E-state index in [1.54, 1.807) is 7.11 Å². The lowest BCUT2D eigenvalue weighted by atomic mass is 10.1. The predicted octanol–water partition coefficient (Wildman–Crippen LogP) is 3.25. The average molecular weight is 295 g/mol. The highest BCUT2D eigenvalue weighted by Crippen LogP contribution is 2.31. The Morgan fingerprint density at radius 2 is 1.95 bits per heavy atom. The van der Waals surface area contributed by atoms with Crippen molar-refractivity contribution in [3.05, 3.63) is 23.8 Å². The Kier molecular flexibility index (Phi) is 8.87. The smallest absolute Gasteiger partial charge is 0.165 e. The van der Waals surface area contributed by atoms with E-state index in [1.165, 1.54) is 0 Å². The number of nitrogens with one attached hydrogen (secondary N) is 1. The van der Waals surface area contributed by atoms with Crippen LogP contribution in [0.15, 0.2) is 18.2 Å². The summed E-state index contributed by atoms with van der Waals surface area (Å²) < 4.78 is 16.7. The van der Waals surface area contributed by atoms with Gasteiger partial charge in [0.1, 0.15) is 6.61 Å². The number of rotatable bonds is 11. The number of para-hydroxylation sites is 1. The van der Waals surface area contributed by atoms with Gasteiger partial charge in [0.15, 0.2) is 11.5 Å². The molecule has 0 amide bonds. The molecule has 21 heavy (non-hydrogen) atoms. The van der Waals surface area contributed by atoms with Gasteiger partial charge in [-0.3, -0.25) is 0 Å². The summed E-state index contributed by atoms with van der Waals surface area (Å²) in [5, 5.41) is 3.44. The van der Waals surface area contributed by atoms with Crippen LogP contribution in [0.3, 0.4) is 0 Å². The van der Waals surface area contributed by atoms with Gasteiger partial charge in [-0.25, -0.2) is 0 Å². The molecule has 1 aromatic carbocycles. The van der Waals surface area contributed by atoms with E-state index in [0.717, 1.165) is 43.2 Å². The minimum absolute atomic E-state index is 0.539. The van der Waals surface area contributed by atoms with E-state index < -0.39 is 0 Å². The Morgan fingerprint density at radius 1 is 1.14 bits per heavy atom. The zero-order valence-electron chi connectivity index (χ0n) is 13.8. The first-order valence-electron chi connectivity index (χ1n) is 7.76. The summed E-state index contributed by atoms with van der Waals surface area (Å²) in [6.45, 7) is 10.2. The SMILES string of the molecule is CCCOCCOc1c(CNCC(C)C)cccc1OC. The molecule has 1 N–H and O–H groups in total. The summed E-state index contributed by atoms with van der Waals surface area (Å²) in [4.78, 5) is 0. The van der Waals surface area contributed by atoms with Crippen LogP contribution in [0.2, 0.25) is 0 Å². The number of hydrogen-bond donors (Lipinski definition) is 1. The van der Waals surface area contributed by atoms with Crippen LogP contribution in [0.1, 0.15) is 32.8 Å². The Morgan fingerprint density at radius 3 is 2.62 bits per heavy atom. The molecule has 1 aromatic rings. The normalized spacial score (nSPS) is 10.9. The third-order valence-corrected chi connectivity index (χ3v) is 2.97. The van der Waals surface area contributed by atoms with Crippen molar-refractivity contribution < 1.29 is 14.2 Å². The lowest BCUT2D eigenvalue weighted by molar-refractivity contribution is 0.0991. The fourth-order valence-corrected chi connectivity index (χ4v) is 1.97. The molecule has 0 heterocycles. The molecule has 0 aliphatic carbocycles. The zero-order chi connectivity index (χ0) is 15.5. The van der Waals surface area contributed by atoms with Crippen LogP contribution >= 0.6 is 0 Å². The first-order valence-corrected chi connectivity index (χ1v) is 7.76. The van der Waals surface area contributed by atoms with Crippen molar-refractivity contribution >= 4 is 0 Å². The second-order valence-electron chi connectivity index (χ2n) is 5.43. The summed E-state index contributed by atoms with van der Waals surface area (Å²) in [5.41, 5.74) is 1.12. The van der Waals surface area contributed by atoms with Gasteiger partial charge in [-0.05, 0) is 24.9 Å². The maximum absolute atomic E-state index is 5.87. The summed E-state index contributed by atoms with van der Waals surface area (Å²) >= 11 is 0. The molecule has 4 heteroatoms. The van der Waals surface area contributed by atoms with E-state index in [0.29, 0.717) is 19.1 Å². The summed E-state index contributed by atoms with van der Waals surface area (Å²) in [6.07, 6.45) is 1.03. The molecule has 4 nitrogen and oxygen atoms in total. The summed E-state index contributed by atoms with van der Waals surface area (Å²) in [5.74, 6) is 2.22. The highest BCUT2D eigenvalue weighted by molar-refractivity contribution is 5.46. The van der Waals surface area contributed by atoms with Crippen molar-refractivity contribution in [2.24, 2.45) is 5.92 Å². The van der Waals surface area contributed by atoms with Gasteiger partial charge in [-0.15, -0.1) is 0 Å². The first-order chi connectivity index (χ1) is 10.2. The van der Waals surface area contributed by atoms with Gasteiger partial charge in [0.25, 0.3) is 0 Å². The molecule has 0 aliphatic heterocycles. The maximum atomic E-state index is 5.87. The largest absolute Gasteiger partial charge is 0.493 e. The molecule has 1 rings (SSSR count). The monoisotopic (exact) mass is 295 g/mol. The Hall–Kier alpha value is -1.26. The maximum Gasteiger partial charge on any atom is 0.165 e. The summed E-state index contributed by atoms with van der Waals surface area (Å²) in [6, 6.07) is 5.98. The lowest BCUT2D eigenvalue weighted by Crippen LogP contribution is -2.20. The molecule has 0 spiro atoms. The van der Waals surface area contributed by atoms with Crippen molar-refractivity contribution in [3.63, 3.8) is 0 Å². The minimum Gasteiger partial charge on any atom is -0.493 e. The zero-order valence-corrected chi connectivity index (χ0v) is 13.8. The lowest BCUT2D eigenvalue weighted by Gasteiger charge is -2.16. The van der Waals surface area contributed by atoms with E-state index in [2.05, 4.69) is 32.2 Å². The molecule has 0 radical (unpaired) electrons. The van der Waals surface area contributed by atoms with E-state index >= 15 is 0 Å². The first kappa shape index (κ1) is 17.8. The van der Waals surface area contributed by atoms with E-state index in [4.69, 9.17) is 14.2 Å². The van der Waals surface area contributed by atoms with Crippen LogP contribution < -0.4 is 14.8 Å². The molecular weight excluding hydrogens is 266 g/mol. The topological polar surface area (TPSA) is 39.7 Å². The van der Waals surface area contributed by atoms with Gasteiger partial charge >= 0.3 is 0 Å². The van der Waals surface area contributed by atoms with Crippen molar-refractivity contribution in [1.29, 1.82) is 0 Å². The Balaban J connectivity index is 2.59. The van der Waals surface area contributed by atoms with Crippen molar-refractivity contribution in [3.8, 4) is 11.5 Å². The predicted molar refractivity (Wildman–Crippen MR) is 86.1 cm³/mol. The van der Waals surface area contributed by atoms with Gasteiger partial charge in [0, 0.05) is 18.7 Å². The standard InChI is InChI=1S/C17H29NO3/c1-5-9-20-10-11-21-17-15(13-18-12-14(2)3)7-6-8-16(17)19-4/h6-8,14,18H,5,9-13H2,1-4H3. The number of benzene rings is 1. The van der Waals surface area contributed by atoms with Crippen LogP contribution in [-0.4, -0.2) is 33.5 Å². The molecule has 0 atom stereocenters. The minimum atomic E-state index is 0.539. The second-order valence-corrected chi connectivity index (χ2v) is 5.43. The molecule has 0 saturated carbocycles. The van der Waals surface area contributed by atoms with Crippen molar-refractivity contribution in [2.45, 2.75) is 33.7 Å². The molecule has 0 bridgehead atoms. The fraction of sp³-hybridized carbons (Fsp3) is 0.647. The number of hydrogen-bond acceptors (Lipinski definition) is 4. The highest BCUT2D eigenvalue weighted by atomic mass is 16.5. The fourth-order valence-electron chi connectivity index (χ4n) is 1.97. The molecule has 0 aromatic heterocycles. The Bertz CT molecular complexity index is 394. The molecule has 120 valence electrons. The quantitative estimate of drug-likeness (QED) is 0.636. The van der Waals surface area contributed by atoms with Crippen LogP contribution in [0, 0.1) is 5.92 Å². The average Bonchev–Trinajstić information content (AvgIpc) is 2.47. The number of methoxy groups -OCH3 is 1. The van der Waals surface area contributed by atoms with Crippen LogP contribution in [0.4, 0.5) is 0 Å². The van der Waals surface area contributed by atoms with Gasteiger partial charge in [-0.2, -0.15) is 0 Å². The third-order valence-electron chi connectivity index (χ3n) is 2.97. The molecule has 0 unspecified atom stereocenters. The Labute approximate surface area is 128 Å². The van der Waals surface area contributed by atoms with Crippen LogP contribution in [0.5, 0.6) is 11.5 Å². The van der Waals surface area contributed by atoms with Crippen molar-refractivity contribution in [2.75, 3.05) is 33.5 Å². The third kappa shape index (κ3) is 6.82. The van der Waals surface area contributed by atoms with Gasteiger partial charge < -0.3 is 19.5 Å². The van der Waals surface area contributed by atoms with Gasteiger partial charge in [-0.1, -0.05) is 32.9 Å². The second kappa shape index (κ2) is 10.5. The highest BCUT2D eigenvalue weighted by Gasteiger charge is 2.10. The molecule has 0 fully saturated rings. The van der Waals surface area contributed by atoms with Gasteiger partial charge in [0.05, 0.1) is 13.7 Å². The van der Waals surface area contributed by atoms with Crippen LogP contribution in [-0.2, 0) is 11.3 Å². The van der Waals surface area contributed by atoms with Crippen LogP contribution in [0.25, 0.3) is 0 Å². The van der Waals surface area contributed by atoms with Gasteiger partial charge in [0.2, 0.25) is 0 Å². The summed E-state index contributed by atoms with van der Waals surface area (Å²) in [7, 11) is 1.67. The molecule has 0 saturated heterocycles. The van der Waals surface area contributed by atoms with E-state index in [9.17, 15) is 0 Å². The van der Waals surface area contributed by atoms with Crippen molar-refractivity contribution in [1.82, 2.24) is 5.32 Å². The molecule has 0 aliphatic rings.